The highest BCUT2D eigenvalue weighted by Gasteiger charge is 2.10. The van der Waals surface area contributed by atoms with Crippen LogP contribution in [-0.2, 0) is 4.74 Å². The summed E-state index contributed by atoms with van der Waals surface area (Å²) >= 11 is 0. The zero-order chi connectivity index (χ0) is 16.4. The zero-order valence-electron chi connectivity index (χ0n) is 13.5. The van der Waals surface area contributed by atoms with Gasteiger partial charge in [-0.2, -0.15) is 0 Å². The number of hydrogen-bond acceptors (Lipinski definition) is 3. The lowest BCUT2D eigenvalue weighted by atomic mass is 10.0. The Morgan fingerprint density at radius 1 is 1.05 bits per heavy atom. The molecule has 1 aromatic rings. The highest BCUT2D eigenvalue weighted by molar-refractivity contribution is 5.94. The first-order valence-electron chi connectivity index (χ1n) is 8.01. The molecule has 0 saturated carbocycles. The third-order valence-corrected chi connectivity index (χ3v) is 3.50. The molecule has 4 heteroatoms. The molecule has 0 heterocycles. The van der Waals surface area contributed by atoms with E-state index in [9.17, 15) is 9.59 Å². The van der Waals surface area contributed by atoms with Crippen molar-refractivity contribution in [2.75, 3.05) is 6.61 Å². The smallest absolute Gasteiger partial charge is 0.338 e. The number of carbonyl (C=O) groups is 2. The molecule has 1 N–H and O–H groups in total. The lowest BCUT2D eigenvalue weighted by Gasteiger charge is -2.06. The molecule has 0 aliphatic heterocycles. The van der Waals surface area contributed by atoms with E-state index in [0.29, 0.717) is 6.61 Å². The first-order chi connectivity index (χ1) is 10.5. The topological polar surface area (TPSA) is 63.6 Å². The van der Waals surface area contributed by atoms with Crippen molar-refractivity contribution in [2.24, 2.45) is 5.92 Å². The quantitative estimate of drug-likeness (QED) is 0.509. The van der Waals surface area contributed by atoms with Crippen LogP contribution < -0.4 is 0 Å². The second-order valence-electron chi connectivity index (χ2n) is 5.97. The molecule has 0 bridgehead atoms. The SMILES string of the molecule is CC(C)CCCCCCCOC(=O)c1cccc(C(=O)O)c1. The summed E-state index contributed by atoms with van der Waals surface area (Å²) in [5.41, 5.74) is 0.386. The lowest BCUT2D eigenvalue weighted by Crippen LogP contribution is -2.08. The summed E-state index contributed by atoms with van der Waals surface area (Å²) in [6.45, 7) is 4.86. The van der Waals surface area contributed by atoms with Gasteiger partial charge in [0.05, 0.1) is 17.7 Å². The number of carboxylic acid groups (broad SMARTS) is 1. The number of rotatable bonds is 10. The van der Waals surface area contributed by atoms with Gasteiger partial charge in [-0.05, 0) is 30.5 Å². The average Bonchev–Trinajstić information content (AvgIpc) is 2.49. The van der Waals surface area contributed by atoms with Crippen molar-refractivity contribution in [1.82, 2.24) is 0 Å². The summed E-state index contributed by atoms with van der Waals surface area (Å²) in [6.07, 6.45) is 6.84. The maximum absolute atomic E-state index is 11.8. The van der Waals surface area contributed by atoms with Crippen LogP contribution in [-0.4, -0.2) is 23.7 Å². The Morgan fingerprint density at radius 2 is 1.68 bits per heavy atom. The van der Waals surface area contributed by atoms with E-state index in [1.165, 1.54) is 37.8 Å². The van der Waals surface area contributed by atoms with Crippen LogP contribution in [0.15, 0.2) is 24.3 Å². The minimum Gasteiger partial charge on any atom is -0.478 e. The van der Waals surface area contributed by atoms with Crippen molar-refractivity contribution in [2.45, 2.75) is 52.4 Å². The van der Waals surface area contributed by atoms with Gasteiger partial charge in [-0.3, -0.25) is 0 Å². The largest absolute Gasteiger partial charge is 0.478 e. The van der Waals surface area contributed by atoms with E-state index in [4.69, 9.17) is 9.84 Å². The van der Waals surface area contributed by atoms with E-state index in [1.807, 2.05) is 0 Å². The first kappa shape index (κ1) is 18.2. The van der Waals surface area contributed by atoms with Gasteiger partial charge in [-0.15, -0.1) is 0 Å². The molecule has 1 rings (SSSR count). The molecule has 22 heavy (non-hydrogen) atoms. The van der Waals surface area contributed by atoms with Crippen molar-refractivity contribution in [3.05, 3.63) is 35.4 Å². The molecule has 0 saturated heterocycles. The van der Waals surface area contributed by atoms with Gasteiger partial charge in [0.15, 0.2) is 0 Å². The Kier molecular flexibility index (Phi) is 8.26. The number of ether oxygens (including phenoxy) is 1. The van der Waals surface area contributed by atoms with Gasteiger partial charge < -0.3 is 9.84 Å². The monoisotopic (exact) mass is 306 g/mol. The van der Waals surface area contributed by atoms with E-state index in [0.717, 1.165) is 18.8 Å². The molecule has 0 unspecified atom stereocenters. The summed E-state index contributed by atoms with van der Waals surface area (Å²) < 4.78 is 5.18. The minimum atomic E-state index is -1.05. The second kappa shape index (κ2) is 9.98. The molecule has 1 aromatic carbocycles. The minimum absolute atomic E-state index is 0.0969. The Labute approximate surface area is 132 Å². The normalized spacial score (nSPS) is 10.7. The van der Waals surface area contributed by atoms with Crippen molar-refractivity contribution in [3.63, 3.8) is 0 Å². The second-order valence-corrected chi connectivity index (χ2v) is 5.97. The molecule has 0 aliphatic rings. The molecule has 0 fully saturated rings. The summed E-state index contributed by atoms with van der Waals surface area (Å²) in [7, 11) is 0. The van der Waals surface area contributed by atoms with Crippen LogP contribution in [0.1, 0.15) is 73.1 Å². The summed E-state index contributed by atoms with van der Waals surface area (Å²) in [5.74, 6) is -0.735. The molecule has 0 atom stereocenters. The van der Waals surface area contributed by atoms with Crippen molar-refractivity contribution >= 4 is 11.9 Å². The van der Waals surface area contributed by atoms with Gasteiger partial charge >= 0.3 is 11.9 Å². The highest BCUT2D eigenvalue weighted by Crippen LogP contribution is 2.11. The van der Waals surface area contributed by atoms with Gasteiger partial charge in [0.2, 0.25) is 0 Å². The molecule has 0 aliphatic carbocycles. The standard InChI is InChI=1S/C18H26O4/c1-14(2)9-6-4-3-5-7-12-22-18(21)16-11-8-10-15(13-16)17(19)20/h8,10-11,13-14H,3-7,9,12H2,1-2H3,(H,19,20). The first-order valence-corrected chi connectivity index (χ1v) is 8.01. The number of carbonyl (C=O) groups excluding carboxylic acids is 1. The molecular formula is C18H26O4. The number of esters is 1. The van der Waals surface area contributed by atoms with Crippen LogP contribution in [0.5, 0.6) is 0 Å². The third-order valence-electron chi connectivity index (χ3n) is 3.50. The number of hydrogen-bond donors (Lipinski definition) is 1. The Bertz CT molecular complexity index is 480. The van der Waals surface area contributed by atoms with E-state index >= 15 is 0 Å². The Hall–Kier alpha value is -1.84. The van der Waals surface area contributed by atoms with Crippen LogP contribution in [0.2, 0.25) is 0 Å². The molecule has 4 nitrogen and oxygen atoms in total. The van der Waals surface area contributed by atoms with E-state index in [1.54, 1.807) is 12.1 Å². The van der Waals surface area contributed by atoms with Gasteiger partial charge in [0.25, 0.3) is 0 Å². The fourth-order valence-electron chi connectivity index (χ4n) is 2.21. The summed E-state index contributed by atoms with van der Waals surface area (Å²) in [5, 5.41) is 8.89. The number of unbranched alkanes of at least 4 members (excludes halogenated alkanes) is 4. The molecule has 0 aromatic heterocycles. The predicted molar refractivity (Wildman–Crippen MR) is 86.2 cm³/mol. The number of benzene rings is 1. The lowest BCUT2D eigenvalue weighted by molar-refractivity contribution is 0.0497. The highest BCUT2D eigenvalue weighted by atomic mass is 16.5. The van der Waals surface area contributed by atoms with Crippen molar-refractivity contribution in [3.8, 4) is 0 Å². The Morgan fingerprint density at radius 3 is 2.36 bits per heavy atom. The third kappa shape index (κ3) is 7.25. The van der Waals surface area contributed by atoms with Crippen LogP contribution in [0.3, 0.4) is 0 Å². The van der Waals surface area contributed by atoms with Crippen LogP contribution >= 0.6 is 0 Å². The fourth-order valence-corrected chi connectivity index (χ4v) is 2.21. The molecule has 0 spiro atoms. The van der Waals surface area contributed by atoms with E-state index < -0.39 is 11.9 Å². The fraction of sp³-hybridized carbons (Fsp3) is 0.556. The van der Waals surface area contributed by atoms with Crippen LogP contribution in [0.25, 0.3) is 0 Å². The van der Waals surface area contributed by atoms with Gasteiger partial charge in [-0.1, -0.05) is 52.0 Å². The van der Waals surface area contributed by atoms with Gasteiger partial charge in [-0.25, -0.2) is 9.59 Å². The van der Waals surface area contributed by atoms with E-state index in [2.05, 4.69) is 13.8 Å². The maximum atomic E-state index is 11.8. The summed E-state index contributed by atoms with van der Waals surface area (Å²) in [4.78, 5) is 22.7. The van der Waals surface area contributed by atoms with Gasteiger partial charge in [0.1, 0.15) is 0 Å². The molecule has 0 radical (unpaired) electrons. The molecule has 122 valence electrons. The van der Waals surface area contributed by atoms with Crippen LogP contribution in [0.4, 0.5) is 0 Å². The summed E-state index contributed by atoms with van der Waals surface area (Å²) in [6, 6.07) is 5.92. The number of aromatic carboxylic acids is 1. The van der Waals surface area contributed by atoms with Crippen molar-refractivity contribution in [1.29, 1.82) is 0 Å². The number of carboxylic acids is 1. The van der Waals surface area contributed by atoms with Gasteiger partial charge in [0, 0.05) is 0 Å². The zero-order valence-corrected chi connectivity index (χ0v) is 13.5. The van der Waals surface area contributed by atoms with E-state index in [-0.39, 0.29) is 11.1 Å². The molecule has 0 amide bonds. The Balaban J connectivity index is 2.18. The average molecular weight is 306 g/mol. The predicted octanol–water partition coefficient (Wildman–Crippen LogP) is 4.54. The van der Waals surface area contributed by atoms with Crippen molar-refractivity contribution < 1.29 is 19.4 Å². The van der Waals surface area contributed by atoms with Crippen LogP contribution in [0, 0.1) is 5.92 Å². The maximum Gasteiger partial charge on any atom is 0.338 e. The molecular weight excluding hydrogens is 280 g/mol.